The molecule has 0 unspecified atom stereocenters. The summed E-state index contributed by atoms with van der Waals surface area (Å²) in [6, 6.07) is 16.8. The van der Waals surface area contributed by atoms with E-state index in [-0.39, 0.29) is 23.8 Å². The largest absolute Gasteiger partial charge is 0.493 e. The first-order valence-electron chi connectivity index (χ1n) is 11.1. The minimum atomic E-state index is -0.451. The molecule has 4 aromatic rings. The number of fused-ring (bicyclic) bond motifs is 1. The summed E-state index contributed by atoms with van der Waals surface area (Å²) in [5.74, 6) is 1.39. The highest BCUT2D eigenvalue weighted by atomic mass is 79.9. The Balaban J connectivity index is 1.71. The van der Waals surface area contributed by atoms with Gasteiger partial charge in [0.25, 0.3) is 11.2 Å². The van der Waals surface area contributed by atoms with E-state index in [4.69, 9.17) is 9.47 Å². The Bertz CT molecular complexity index is 1510. The van der Waals surface area contributed by atoms with Crippen LogP contribution < -0.4 is 15.0 Å². The quantitative estimate of drug-likeness (QED) is 0.159. The number of para-hydroxylation sites is 1. The number of ether oxygens (including phenoxy) is 2. The lowest BCUT2D eigenvalue weighted by molar-refractivity contribution is -0.384. The number of benzene rings is 3. The molecule has 0 atom stereocenters. The third kappa shape index (κ3) is 5.28. The van der Waals surface area contributed by atoms with Crippen LogP contribution in [0.2, 0.25) is 0 Å². The topological polar surface area (TPSA) is 109 Å². The normalized spacial score (nSPS) is 11.4. The number of aromatic nitrogens is 2. The van der Waals surface area contributed by atoms with Gasteiger partial charge in [-0.25, -0.2) is 4.98 Å². The molecule has 0 bridgehead atoms. The number of methoxy groups -OCH3 is 1. The van der Waals surface area contributed by atoms with Gasteiger partial charge in [0.1, 0.15) is 12.4 Å². The molecule has 1 aromatic heterocycles. The number of non-ortho nitro benzene ring substituents is 1. The Morgan fingerprint density at radius 3 is 2.58 bits per heavy atom. The predicted octanol–water partition coefficient (Wildman–Crippen LogP) is 5.66. The fraction of sp³-hybridized carbons (Fsp3) is 0.192. The van der Waals surface area contributed by atoms with E-state index in [1.165, 1.54) is 30.1 Å². The molecular weight excluding hydrogens is 528 g/mol. The van der Waals surface area contributed by atoms with Crippen LogP contribution in [0.25, 0.3) is 10.9 Å². The highest BCUT2D eigenvalue weighted by Crippen LogP contribution is 2.31. The highest BCUT2D eigenvalue weighted by Gasteiger charge is 2.15. The summed E-state index contributed by atoms with van der Waals surface area (Å²) in [7, 11) is 1.53. The Morgan fingerprint density at radius 2 is 1.92 bits per heavy atom. The molecule has 0 spiro atoms. The second-order valence-corrected chi connectivity index (χ2v) is 9.15. The smallest absolute Gasteiger partial charge is 0.282 e. The molecule has 10 heteroatoms. The molecule has 9 nitrogen and oxygen atoms in total. The Kier molecular flexibility index (Phi) is 7.44. The minimum absolute atomic E-state index is 0.00582. The molecule has 36 heavy (non-hydrogen) atoms. The van der Waals surface area contributed by atoms with E-state index in [0.29, 0.717) is 33.8 Å². The fourth-order valence-electron chi connectivity index (χ4n) is 3.59. The van der Waals surface area contributed by atoms with Crippen LogP contribution in [0, 0.1) is 10.1 Å². The average Bonchev–Trinajstić information content (AvgIpc) is 2.87. The summed E-state index contributed by atoms with van der Waals surface area (Å²) in [5, 5.41) is 15.8. The summed E-state index contributed by atoms with van der Waals surface area (Å²) in [4.78, 5) is 28.4. The fourth-order valence-corrected chi connectivity index (χ4v) is 3.95. The van der Waals surface area contributed by atoms with Crippen LogP contribution in [0.3, 0.4) is 0 Å². The van der Waals surface area contributed by atoms with Crippen molar-refractivity contribution < 1.29 is 14.4 Å². The van der Waals surface area contributed by atoms with Crippen molar-refractivity contribution in [1.29, 1.82) is 0 Å². The minimum Gasteiger partial charge on any atom is -0.493 e. The molecule has 0 aliphatic carbocycles. The standard InChI is InChI=1S/C26H23BrN4O5/c1-16(2)25-29-22-12-9-19(27)13-21(22)26(32)30(25)28-14-18-5-4-6-23(35-3)24(18)36-15-17-7-10-20(11-8-17)31(33)34/h4-14,16H,15H2,1-3H3. The number of hydrogen-bond donors (Lipinski definition) is 0. The molecule has 0 saturated carbocycles. The molecular formula is C26H23BrN4O5. The van der Waals surface area contributed by atoms with Crippen LogP contribution in [0.1, 0.15) is 36.7 Å². The predicted molar refractivity (Wildman–Crippen MR) is 141 cm³/mol. The molecule has 0 saturated heterocycles. The van der Waals surface area contributed by atoms with Crippen LogP contribution >= 0.6 is 15.9 Å². The summed E-state index contributed by atoms with van der Waals surface area (Å²) < 4.78 is 13.6. The molecule has 4 rings (SSSR count). The van der Waals surface area contributed by atoms with Gasteiger partial charge in [0.2, 0.25) is 0 Å². The van der Waals surface area contributed by atoms with E-state index in [1.54, 1.807) is 42.5 Å². The lowest BCUT2D eigenvalue weighted by atomic mass is 10.2. The van der Waals surface area contributed by atoms with Crippen LogP contribution in [-0.2, 0) is 6.61 Å². The Morgan fingerprint density at radius 1 is 1.17 bits per heavy atom. The van der Waals surface area contributed by atoms with Crippen LogP contribution in [0.4, 0.5) is 5.69 Å². The number of hydrogen-bond acceptors (Lipinski definition) is 7. The molecule has 1 heterocycles. The molecule has 184 valence electrons. The third-order valence-corrected chi connectivity index (χ3v) is 5.91. The second kappa shape index (κ2) is 10.7. The highest BCUT2D eigenvalue weighted by molar-refractivity contribution is 9.10. The van der Waals surface area contributed by atoms with Crippen molar-refractivity contribution in [3.05, 3.63) is 103 Å². The molecule has 0 amide bonds. The van der Waals surface area contributed by atoms with Gasteiger partial charge in [-0.05, 0) is 48.0 Å². The Hall–Kier alpha value is -4.05. The zero-order chi connectivity index (χ0) is 25.8. The molecule has 0 N–H and O–H groups in total. The van der Waals surface area contributed by atoms with Gasteiger partial charge < -0.3 is 9.47 Å². The molecule has 0 radical (unpaired) electrons. The first-order chi connectivity index (χ1) is 17.3. The van der Waals surface area contributed by atoms with Gasteiger partial charge in [-0.15, -0.1) is 0 Å². The van der Waals surface area contributed by atoms with E-state index < -0.39 is 4.92 Å². The first-order valence-corrected chi connectivity index (χ1v) is 11.9. The van der Waals surface area contributed by atoms with Crippen molar-refractivity contribution >= 4 is 38.7 Å². The summed E-state index contributed by atoms with van der Waals surface area (Å²) >= 11 is 3.41. The average molecular weight is 551 g/mol. The van der Waals surface area contributed by atoms with Crippen molar-refractivity contribution in [2.24, 2.45) is 5.10 Å². The SMILES string of the molecule is COc1cccc(C=Nn2c(C(C)C)nc3ccc(Br)cc3c2=O)c1OCc1ccc([N+](=O)[O-])cc1. The van der Waals surface area contributed by atoms with Gasteiger partial charge in [0, 0.05) is 28.1 Å². The van der Waals surface area contributed by atoms with Crippen molar-refractivity contribution in [3.63, 3.8) is 0 Å². The van der Waals surface area contributed by atoms with Crippen LogP contribution in [-0.4, -0.2) is 27.9 Å². The molecule has 0 fully saturated rings. The lowest BCUT2D eigenvalue weighted by Crippen LogP contribution is -2.23. The lowest BCUT2D eigenvalue weighted by Gasteiger charge is -2.14. The number of rotatable bonds is 8. The van der Waals surface area contributed by atoms with Crippen molar-refractivity contribution in [2.45, 2.75) is 26.4 Å². The Labute approximate surface area is 215 Å². The van der Waals surface area contributed by atoms with Gasteiger partial charge in [-0.1, -0.05) is 35.8 Å². The molecule has 0 aliphatic heterocycles. The number of halogens is 1. The zero-order valence-corrected chi connectivity index (χ0v) is 21.4. The van der Waals surface area contributed by atoms with Gasteiger partial charge in [0.05, 0.1) is 29.2 Å². The van der Waals surface area contributed by atoms with Crippen molar-refractivity contribution in [2.75, 3.05) is 7.11 Å². The summed E-state index contributed by atoms with van der Waals surface area (Å²) in [6.07, 6.45) is 1.53. The summed E-state index contributed by atoms with van der Waals surface area (Å²) in [5.41, 5.74) is 1.67. The van der Waals surface area contributed by atoms with Crippen molar-refractivity contribution in [1.82, 2.24) is 9.66 Å². The second-order valence-electron chi connectivity index (χ2n) is 8.24. The maximum atomic E-state index is 13.3. The van der Waals surface area contributed by atoms with Gasteiger partial charge in [-0.3, -0.25) is 14.9 Å². The number of nitro groups is 1. The van der Waals surface area contributed by atoms with E-state index >= 15 is 0 Å². The van der Waals surface area contributed by atoms with Gasteiger partial charge >= 0.3 is 0 Å². The van der Waals surface area contributed by atoms with Crippen molar-refractivity contribution in [3.8, 4) is 11.5 Å². The zero-order valence-electron chi connectivity index (χ0n) is 19.8. The van der Waals surface area contributed by atoms with E-state index in [9.17, 15) is 14.9 Å². The van der Waals surface area contributed by atoms with Gasteiger partial charge in [0.15, 0.2) is 11.5 Å². The van der Waals surface area contributed by atoms with E-state index in [1.807, 2.05) is 19.9 Å². The summed E-state index contributed by atoms with van der Waals surface area (Å²) in [6.45, 7) is 4.05. The third-order valence-electron chi connectivity index (χ3n) is 5.42. The molecule has 3 aromatic carbocycles. The van der Waals surface area contributed by atoms with E-state index in [0.717, 1.165) is 10.0 Å². The number of nitrogens with zero attached hydrogens (tertiary/aromatic N) is 4. The van der Waals surface area contributed by atoms with Crippen LogP contribution in [0.5, 0.6) is 11.5 Å². The molecule has 0 aliphatic rings. The van der Waals surface area contributed by atoms with Gasteiger partial charge in [-0.2, -0.15) is 9.78 Å². The first kappa shape index (κ1) is 25.1. The monoisotopic (exact) mass is 550 g/mol. The number of nitro benzene ring substituents is 1. The van der Waals surface area contributed by atoms with Crippen LogP contribution in [0.15, 0.2) is 75.0 Å². The van der Waals surface area contributed by atoms with E-state index in [2.05, 4.69) is 26.0 Å². The maximum Gasteiger partial charge on any atom is 0.282 e. The maximum absolute atomic E-state index is 13.3.